The van der Waals surface area contributed by atoms with Gasteiger partial charge in [0.25, 0.3) is 0 Å². The first-order chi connectivity index (χ1) is 21.3. The van der Waals surface area contributed by atoms with E-state index in [-0.39, 0.29) is 0 Å². The van der Waals surface area contributed by atoms with Crippen LogP contribution in [-0.4, -0.2) is 24.5 Å². The smallest absolute Gasteiger partial charge is 0.235 e. The van der Waals surface area contributed by atoms with Gasteiger partial charge in [0.15, 0.2) is 0 Å². The minimum atomic E-state index is 0.667. The van der Waals surface area contributed by atoms with Gasteiger partial charge in [0, 0.05) is 58.2 Å². The second kappa shape index (κ2) is 8.64. The summed E-state index contributed by atoms with van der Waals surface area (Å²) >= 11 is 3.60. The van der Waals surface area contributed by atoms with Crippen LogP contribution in [0, 0.1) is 0 Å². The van der Waals surface area contributed by atoms with Gasteiger partial charge in [-0.2, -0.15) is 0 Å². The molecule has 0 aliphatic carbocycles. The average molecular weight is 586 g/mol. The number of benzene rings is 5. The highest BCUT2D eigenvalue weighted by Crippen LogP contribution is 2.51. The third kappa shape index (κ3) is 3.15. The van der Waals surface area contributed by atoms with Gasteiger partial charge in [-0.25, -0.2) is 19.9 Å². The third-order valence-corrected chi connectivity index (χ3v) is 10.7. The molecule has 10 rings (SSSR count). The summed E-state index contributed by atoms with van der Waals surface area (Å²) < 4.78 is 7.10. The molecule has 0 unspecified atom stereocenters. The molecule has 0 radical (unpaired) electrons. The summed E-state index contributed by atoms with van der Waals surface area (Å²) in [5.41, 5.74) is 6.14. The zero-order valence-electron chi connectivity index (χ0n) is 22.5. The van der Waals surface area contributed by atoms with Gasteiger partial charge in [0.1, 0.15) is 6.33 Å². The Bertz CT molecular complexity index is 2710. The number of rotatable bonds is 2. The van der Waals surface area contributed by atoms with Crippen LogP contribution in [0.2, 0.25) is 0 Å². The maximum atomic E-state index is 5.34. The summed E-state index contributed by atoms with van der Waals surface area (Å²) in [5.74, 6) is 0.667. The van der Waals surface area contributed by atoms with Crippen LogP contribution >= 0.6 is 22.7 Å². The van der Waals surface area contributed by atoms with E-state index in [2.05, 4.69) is 101 Å². The zero-order chi connectivity index (χ0) is 28.1. The van der Waals surface area contributed by atoms with Crippen molar-refractivity contribution in [1.29, 1.82) is 0 Å². The lowest BCUT2D eigenvalue weighted by atomic mass is 10.0. The quantitative estimate of drug-likeness (QED) is 0.203. The maximum absolute atomic E-state index is 5.34. The molecule has 0 atom stereocenters. The van der Waals surface area contributed by atoms with Crippen molar-refractivity contribution in [2.24, 2.45) is 0 Å². The molecule has 0 N–H and O–H groups in total. The van der Waals surface area contributed by atoms with Crippen molar-refractivity contribution in [3.63, 3.8) is 0 Å². The number of nitrogens with zero attached hydrogens (tertiary/aromatic N) is 5. The van der Waals surface area contributed by atoms with Gasteiger partial charge in [-0.05, 0) is 18.2 Å². The van der Waals surface area contributed by atoms with Crippen molar-refractivity contribution in [1.82, 2.24) is 24.5 Å². The minimum Gasteiger partial charge on any atom is -0.277 e. The number of para-hydroxylation sites is 2. The Morgan fingerprint density at radius 2 is 1.28 bits per heavy atom. The van der Waals surface area contributed by atoms with E-state index in [1.807, 2.05) is 29.7 Å². The number of thiophene rings is 2. The second-order valence-corrected chi connectivity index (χ2v) is 12.8. The van der Waals surface area contributed by atoms with E-state index in [1.54, 1.807) is 17.7 Å². The average Bonchev–Trinajstić information content (AvgIpc) is 3.74. The van der Waals surface area contributed by atoms with Crippen LogP contribution in [0.4, 0.5) is 0 Å². The summed E-state index contributed by atoms with van der Waals surface area (Å²) in [6.45, 7) is 0. The minimum absolute atomic E-state index is 0.667. The predicted molar refractivity (Wildman–Crippen MR) is 181 cm³/mol. The van der Waals surface area contributed by atoms with Crippen LogP contribution in [0.3, 0.4) is 0 Å². The highest BCUT2D eigenvalue weighted by Gasteiger charge is 2.26. The van der Waals surface area contributed by atoms with Crippen molar-refractivity contribution in [2.75, 3.05) is 0 Å². The van der Waals surface area contributed by atoms with Gasteiger partial charge >= 0.3 is 0 Å². The molecule has 5 nitrogen and oxygen atoms in total. The number of hydrogen-bond acceptors (Lipinski definition) is 6. The fraction of sp³-hybridized carbons (Fsp3) is 0. The summed E-state index contributed by atoms with van der Waals surface area (Å²) in [7, 11) is 0. The van der Waals surface area contributed by atoms with E-state index in [0.29, 0.717) is 5.95 Å². The molecule has 43 heavy (non-hydrogen) atoms. The summed E-state index contributed by atoms with van der Waals surface area (Å²) in [6.07, 6.45) is 3.60. The van der Waals surface area contributed by atoms with E-state index in [0.717, 1.165) is 43.4 Å². The molecule has 7 heteroatoms. The van der Waals surface area contributed by atoms with E-state index >= 15 is 0 Å². The molecule has 10 aromatic rings. The molecular formula is C36H19N5S2. The van der Waals surface area contributed by atoms with Gasteiger partial charge in [-0.15, -0.1) is 22.7 Å². The Labute approximate surface area is 252 Å². The van der Waals surface area contributed by atoms with Gasteiger partial charge in [0.05, 0.1) is 32.5 Å². The lowest BCUT2D eigenvalue weighted by Gasteiger charge is -2.12. The van der Waals surface area contributed by atoms with Crippen LogP contribution in [0.1, 0.15) is 0 Å². The van der Waals surface area contributed by atoms with Crippen molar-refractivity contribution in [3.8, 4) is 17.2 Å². The Morgan fingerprint density at radius 1 is 0.581 bits per heavy atom. The fourth-order valence-corrected chi connectivity index (χ4v) is 9.10. The maximum Gasteiger partial charge on any atom is 0.235 e. The summed E-state index contributed by atoms with van der Waals surface area (Å²) in [5, 5.41) is 7.08. The van der Waals surface area contributed by atoms with Gasteiger partial charge < -0.3 is 0 Å². The van der Waals surface area contributed by atoms with Crippen molar-refractivity contribution in [3.05, 3.63) is 116 Å². The Kier molecular flexibility index (Phi) is 4.69. The molecule has 5 heterocycles. The molecule has 0 bridgehead atoms. The Hall–Kier alpha value is -5.24. The summed E-state index contributed by atoms with van der Waals surface area (Å²) in [6, 6.07) is 36.1. The first-order valence-electron chi connectivity index (χ1n) is 14.1. The van der Waals surface area contributed by atoms with Crippen LogP contribution in [0.5, 0.6) is 0 Å². The van der Waals surface area contributed by atoms with E-state index < -0.39 is 0 Å². The molecule has 0 fully saturated rings. The molecular weight excluding hydrogens is 567 g/mol. The molecule has 200 valence electrons. The van der Waals surface area contributed by atoms with E-state index in [9.17, 15) is 0 Å². The van der Waals surface area contributed by atoms with Crippen molar-refractivity contribution in [2.45, 2.75) is 0 Å². The number of hydrogen-bond donors (Lipinski definition) is 0. The van der Waals surface area contributed by atoms with Crippen LogP contribution in [0.15, 0.2) is 116 Å². The lowest BCUT2D eigenvalue weighted by Crippen LogP contribution is -2.03. The third-order valence-electron chi connectivity index (χ3n) is 8.35. The molecule has 5 aromatic carbocycles. The molecule has 0 saturated carbocycles. The SMILES string of the molecule is c1ccc(-c2nc(-n3c4ccccc4c4c5sc6cncnc6c5c5sc6ccccc6c5c43)nc3ccccc23)cc1. The zero-order valence-corrected chi connectivity index (χ0v) is 24.2. The highest BCUT2D eigenvalue weighted by molar-refractivity contribution is 7.30. The predicted octanol–water partition coefficient (Wildman–Crippen LogP) is 9.92. The monoisotopic (exact) mass is 585 g/mol. The highest BCUT2D eigenvalue weighted by atomic mass is 32.1. The first-order valence-corrected chi connectivity index (χ1v) is 15.7. The van der Waals surface area contributed by atoms with E-state index in [4.69, 9.17) is 15.0 Å². The Balaban J connectivity index is 1.49. The van der Waals surface area contributed by atoms with Crippen molar-refractivity contribution < 1.29 is 0 Å². The molecule has 0 aliphatic rings. The topological polar surface area (TPSA) is 56.5 Å². The van der Waals surface area contributed by atoms with Crippen LogP contribution in [-0.2, 0) is 0 Å². The van der Waals surface area contributed by atoms with Gasteiger partial charge in [-0.3, -0.25) is 4.57 Å². The van der Waals surface area contributed by atoms with Crippen LogP contribution in [0.25, 0.3) is 90.4 Å². The standard InChI is InChI=1S/C36H19N5S2/c1-2-10-20(11-3-1)31-21-12-4-7-15-24(21)39-36(40-31)41-25-16-8-5-13-22(25)28-33(41)29-23-14-6-9-17-26(23)42-35(29)30-32-27(43-34(28)30)18-37-19-38-32/h1-19H. The largest absolute Gasteiger partial charge is 0.277 e. The van der Waals surface area contributed by atoms with Gasteiger partial charge in [-0.1, -0.05) is 84.9 Å². The Morgan fingerprint density at radius 3 is 2.16 bits per heavy atom. The molecule has 0 spiro atoms. The van der Waals surface area contributed by atoms with Gasteiger partial charge in [0.2, 0.25) is 5.95 Å². The summed E-state index contributed by atoms with van der Waals surface area (Å²) in [4.78, 5) is 19.7. The lowest BCUT2D eigenvalue weighted by molar-refractivity contribution is 1.02. The fourth-order valence-electron chi connectivity index (χ4n) is 6.59. The number of fused-ring (bicyclic) bond motifs is 13. The molecule has 0 amide bonds. The first kappa shape index (κ1) is 23.3. The molecule has 5 aromatic heterocycles. The van der Waals surface area contributed by atoms with E-state index in [1.165, 1.54) is 41.0 Å². The normalized spacial score (nSPS) is 12.2. The second-order valence-electron chi connectivity index (χ2n) is 10.7. The van der Waals surface area contributed by atoms with Crippen LogP contribution < -0.4 is 0 Å². The number of aromatic nitrogens is 5. The van der Waals surface area contributed by atoms with Crippen molar-refractivity contribution >= 4 is 95.9 Å². The molecule has 0 saturated heterocycles. The molecule has 0 aliphatic heterocycles.